The van der Waals surface area contributed by atoms with Gasteiger partial charge in [0.1, 0.15) is 0 Å². The molecule has 0 unspecified atom stereocenters. The third kappa shape index (κ3) is 4.01. The lowest BCUT2D eigenvalue weighted by atomic mass is 9.95. The van der Waals surface area contributed by atoms with E-state index in [-0.39, 0.29) is 6.10 Å². The molecule has 0 amide bonds. The number of ether oxygens (including phenoxy) is 1. The summed E-state index contributed by atoms with van der Waals surface area (Å²) in [6.45, 7) is 0. The Morgan fingerprint density at radius 3 is 2.23 bits per heavy atom. The van der Waals surface area contributed by atoms with Crippen molar-refractivity contribution < 1.29 is 4.74 Å². The molecule has 2 aromatic carbocycles. The Balaban J connectivity index is 1.66. The van der Waals surface area contributed by atoms with Gasteiger partial charge in [0.25, 0.3) is 0 Å². The Hall–Kier alpha value is -0.640. The van der Waals surface area contributed by atoms with Gasteiger partial charge in [-0.25, -0.2) is 0 Å². The molecule has 0 N–H and O–H groups in total. The lowest BCUT2D eigenvalue weighted by Crippen LogP contribution is -2.37. The lowest BCUT2D eigenvalue weighted by molar-refractivity contribution is -0.0458. The zero-order valence-electron chi connectivity index (χ0n) is 12.4. The van der Waals surface area contributed by atoms with Crippen LogP contribution in [0.5, 0.6) is 0 Å². The van der Waals surface area contributed by atoms with E-state index in [1.165, 1.54) is 11.1 Å². The summed E-state index contributed by atoms with van der Waals surface area (Å²) < 4.78 is 6.40. The van der Waals surface area contributed by atoms with Crippen molar-refractivity contribution in [3.63, 3.8) is 0 Å². The highest BCUT2D eigenvalue weighted by atomic mass is 79.9. The number of aryl methyl sites for hydroxylation is 1. The van der Waals surface area contributed by atoms with Gasteiger partial charge in [-0.3, -0.25) is 0 Å². The van der Waals surface area contributed by atoms with Gasteiger partial charge in [0.15, 0.2) is 0 Å². The van der Waals surface area contributed by atoms with Gasteiger partial charge < -0.3 is 4.74 Å². The first kappa shape index (κ1) is 16.2. The van der Waals surface area contributed by atoms with Gasteiger partial charge in [-0.15, -0.1) is 0 Å². The predicted octanol–water partition coefficient (Wildman–Crippen LogP) is 5.68. The van der Waals surface area contributed by atoms with Gasteiger partial charge in [-0.05, 0) is 30.4 Å². The molecule has 0 saturated carbocycles. The first-order chi connectivity index (χ1) is 10.7. The van der Waals surface area contributed by atoms with E-state index in [2.05, 4.69) is 86.5 Å². The summed E-state index contributed by atoms with van der Waals surface area (Å²) in [6.07, 6.45) is 3.59. The second-order valence-electron chi connectivity index (χ2n) is 5.81. The van der Waals surface area contributed by atoms with Gasteiger partial charge >= 0.3 is 0 Å². The Kier molecular flexibility index (Phi) is 5.72. The molecule has 1 nitrogen and oxygen atoms in total. The summed E-state index contributed by atoms with van der Waals surface area (Å²) in [5.74, 6) is 0. The van der Waals surface area contributed by atoms with E-state index in [1.807, 2.05) is 6.07 Å². The molecule has 2 aromatic rings. The molecule has 1 fully saturated rings. The molecule has 116 valence electrons. The van der Waals surface area contributed by atoms with Crippen LogP contribution in [0.2, 0.25) is 0 Å². The van der Waals surface area contributed by atoms with E-state index >= 15 is 0 Å². The molecule has 0 bridgehead atoms. The summed E-state index contributed by atoms with van der Waals surface area (Å²) in [6, 6.07) is 21.2. The summed E-state index contributed by atoms with van der Waals surface area (Å²) >= 11 is 7.64. The fraction of sp³-hybridized carbons (Fsp3) is 0.368. The van der Waals surface area contributed by atoms with E-state index in [9.17, 15) is 0 Å². The molecule has 0 aliphatic carbocycles. The quantitative estimate of drug-likeness (QED) is 0.575. The smallest absolute Gasteiger partial charge is 0.0964 e. The highest BCUT2D eigenvalue weighted by molar-refractivity contribution is 9.12. The number of alkyl halides is 2. The van der Waals surface area contributed by atoms with Crippen molar-refractivity contribution in [3.05, 3.63) is 71.8 Å². The fourth-order valence-electron chi connectivity index (χ4n) is 2.97. The van der Waals surface area contributed by atoms with Crippen molar-refractivity contribution in [1.29, 1.82) is 0 Å². The van der Waals surface area contributed by atoms with Crippen molar-refractivity contribution in [2.24, 2.45) is 0 Å². The molecule has 3 rings (SSSR count). The maximum Gasteiger partial charge on any atom is 0.0964 e. The van der Waals surface area contributed by atoms with Crippen LogP contribution in [-0.2, 0) is 11.2 Å². The Morgan fingerprint density at radius 2 is 1.55 bits per heavy atom. The summed E-state index contributed by atoms with van der Waals surface area (Å²) in [4.78, 5) is 0.745. The minimum absolute atomic E-state index is 0.111. The van der Waals surface area contributed by atoms with Gasteiger partial charge in [0.2, 0.25) is 0 Å². The first-order valence-electron chi connectivity index (χ1n) is 7.76. The Morgan fingerprint density at radius 1 is 0.909 bits per heavy atom. The van der Waals surface area contributed by atoms with E-state index in [1.54, 1.807) is 0 Å². The molecule has 4 atom stereocenters. The van der Waals surface area contributed by atoms with Crippen LogP contribution < -0.4 is 0 Å². The fourth-order valence-corrected chi connectivity index (χ4v) is 4.31. The molecule has 1 saturated heterocycles. The van der Waals surface area contributed by atoms with Crippen LogP contribution in [0.15, 0.2) is 60.7 Å². The normalized spacial score (nSPS) is 28.5. The highest BCUT2D eigenvalue weighted by Gasteiger charge is 2.36. The second-order valence-corrected chi connectivity index (χ2v) is 8.04. The third-order valence-corrected chi connectivity index (χ3v) is 6.96. The zero-order chi connectivity index (χ0) is 15.4. The van der Waals surface area contributed by atoms with Crippen molar-refractivity contribution in [1.82, 2.24) is 0 Å². The zero-order valence-corrected chi connectivity index (χ0v) is 15.5. The molecule has 0 spiro atoms. The van der Waals surface area contributed by atoms with Crippen molar-refractivity contribution >= 4 is 31.9 Å². The first-order valence-corrected chi connectivity index (χ1v) is 9.59. The molecular formula is C19H20Br2O. The maximum absolute atomic E-state index is 6.40. The van der Waals surface area contributed by atoms with Crippen molar-refractivity contribution in [2.75, 3.05) is 0 Å². The molecule has 0 radical (unpaired) electrons. The van der Waals surface area contributed by atoms with Gasteiger partial charge in [-0.1, -0.05) is 92.5 Å². The molecule has 1 aliphatic rings. The number of rotatable bonds is 4. The van der Waals surface area contributed by atoms with Crippen LogP contribution >= 0.6 is 31.9 Å². The van der Waals surface area contributed by atoms with Crippen LogP contribution in [0.4, 0.5) is 0 Å². The largest absolute Gasteiger partial charge is 0.369 e. The minimum Gasteiger partial charge on any atom is -0.369 e. The van der Waals surface area contributed by atoms with E-state index in [4.69, 9.17) is 4.74 Å². The van der Waals surface area contributed by atoms with E-state index < -0.39 is 0 Å². The maximum atomic E-state index is 6.40. The van der Waals surface area contributed by atoms with Crippen LogP contribution in [0, 0.1) is 0 Å². The topological polar surface area (TPSA) is 9.23 Å². The monoisotopic (exact) mass is 422 g/mol. The Bertz CT molecular complexity index is 573. The second kappa shape index (κ2) is 7.76. The molecule has 1 aliphatic heterocycles. The lowest BCUT2D eigenvalue weighted by Gasteiger charge is -2.37. The van der Waals surface area contributed by atoms with Gasteiger partial charge in [0.05, 0.1) is 17.0 Å². The van der Waals surface area contributed by atoms with Crippen molar-refractivity contribution in [3.8, 4) is 0 Å². The summed E-state index contributed by atoms with van der Waals surface area (Å²) in [5, 5.41) is 0. The standard InChI is InChI=1S/C19H20Br2O/c20-17-13-16(12-11-14-7-3-1-4-8-14)22-19(18(17)21)15-9-5-2-6-10-15/h1-10,16-19H,11-13H2/t16-,17+,18+,19+/m0/s1. The SMILES string of the molecule is Br[C@@H]1[C@H](Br)C[C@H](CCc2ccccc2)O[C@@H]1c1ccccc1. The van der Waals surface area contributed by atoms with Crippen LogP contribution in [-0.4, -0.2) is 15.8 Å². The number of benzene rings is 2. The predicted molar refractivity (Wildman–Crippen MR) is 98.9 cm³/mol. The van der Waals surface area contributed by atoms with E-state index in [0.717, 1.165) is 19.3 Å². The van der Waals surface area contributed by atoms with Gasteiger partial charge in [0, 0.05) is 4.83 Å². The Labute approximate surface area is 149 Å². The van der Waals surface area contributed by atoms with Gasteiger partial charge in [-0.2, -0.15) is 0 Å². The number of hydrogen-bond acceptors (Lipinski definition) is 1. The average Bonchev–Trinajstić information content (AvgIpc) is 2.57. The highest BCUT2D eigenvalue weighted by Crippen LogP contribution is 2.40. The molecule has 1 heterocycles. The third-order valence-electron chi connectivity index (χ3n) is 4.19. The van der Waals surface area contributed by atoms with E-state index in [0.29, 0.717) is 15.8 Å². The number of halogens is 2. The van der Waals surface area contributed by atoms with Crippen LogP contribution in [0.1, 0.15) is 30.1 Å². The average molecular weight is 424 g/mol. The van der Waals surface area contributed by atoms with Crippen LogP contribution in [0.3, 0.4) is 0 Å². The summed E-state index contributed by atoms with van der Waals surface area (Å²) in [7, 11) is 0. The summed E-state index contributed by atoms with van der Waals surface area (Å²) in [5.41, 5.74) is 2.63. The molecule has 22 heavy (non-hydrogen) atoms. The molecular weight excluding hydrogens is 404 g/mol. The molecule has 3 heteroatoms. The minimum atomic E-state index is 0.111. The van der Waals surface area contributed by atoms with Crippen molar-refractivity contribution in [2.45, 2.75) is 41.1 Å². The van der Waals surface area contributed by atoms with Crippen LogP contribution in [0.25, 0.3) is 0 Å². The number of hydrogen-bond donors (Lipinski definition) is 0. The molecule has 0 aromatic heterocycles.